The van der Waals surface area contributed by atoms with Crippen LogP contribution >= 0.6 is 11.8 Å². The van der Waals surface area contributed by atoms with Crippen LogP contribution in [-0.2, 0) is 23.8 Å². The highest BCUT2D eigenvalue weighted by molar-refractivity contribution is 8.14. The Labute approximate surface area is 282 Å². The van der Waals surface area contributed by atoms with E-state index in [0.29, 0.717) is 0 Å². The molecule has 0 spiro atoms. The number of ketones is 1. The third-order valence-electron chi connectivity index (χ3n) is 10.8. The largest absolute Gasteiger partial charge is 0.509 e. The van der Waals surface area contributed by atoms with Crippen molar-refractivity contribution in [3.8, 4) is 11.8 Å². The summed E-state index contributed by atoms with van der Waals surface area (Å²) in [7, 11) is 0. The number of halogens is 2. The number of aliphatic hydroxyl groups is 1. The van der Waals surface area contributed by atoms with Gasteiger partial charge in [0.05, 0.1) is 18.1 Å². The van der Waals surface area contributed by atoms with E-state index < -0.39 is 75.2 Å². The Bertz CT molecular complexity index is 1620. The third-order valence-corrected chi connectivity index (χ3v) is 11.7. The molecular formula is C36H40F2O9S. The topological polar surface area (TPSA) is 129 Å². The molecule has 9 nitrogen and oxygen atoms in total. The zero-order valence-corrected chi connectivity index (χ0v) is 28.4. The number of hydrogen-bond donors (Lipinski definition) is 1. The van der Waals surface area contributed by atoms with Gasteiger partial charge in [-0.1, -0.05) is 49.1 Å². The Morgan fingerprint density at radius 2 is 1.92 bits per heavy atom. The summed E-state index contributed by atoms with van der Waals surface area (Å²) in [5, 5.41) is 11.2. The standard InChI is InChI=1S/C36H40F2O9S/c1-21(2)11-15-46-32(43)45-13-6-7-16-48-31(42)36(47-30(41)28-9-8-14-44-28)22(3)17-24-25-19-27(37)26-18-23(39)10-12-33(26,4)35(25,38)29(40)20-34(24,36)5/h8-12,14,18,22,24-25,27,29,40H,13,15-17,19-20H2,1-5H3/t22-,24+,25+,27+,29+,33+,34+,35+,36+/m1/s1. The van der Waals surface area contributed by atoms with Crippen LogP contribution in [0.15, 0.2) is 58.3 Å². The molecule has 3 fully saturated rings. The SMILES string of the molecule is CC(C)=CCOC(=O)OCC#CCSC(=O)[C@@]1(OC(=O)c2ccco2)[C@H](C)C[C@H]2[C@@H]3C[C@H](F)C4=CC(=O)C=C[C@]4(C)[C@@]3(F)[C@@H](O)C[C@@]21C. The van der Waals surface area contributed by atoms with Crippen LogP contribution in [0, 0.1) is 40.4 Å². The van der Waals surface area contributed by atoms with E-state index in [1.807, 2.05) is 13.8 Å². The average Bonchev–Trinajstić information content (AvgIpc) is 3.64. The van der Waals surface area contributed by atoms with Crippen LogP contribution < -0.4 is 0 Å². The van der Waals surface area contributed by atoms with Gasteiger partial charge in [-0.3, -0.25) is 9.59 Å². The van der Waals surface area contributed by atoms with E-state index in [1.165, 1.54) is 37.5 Å². The summed E-state index contributed by atoms with van der Waals surface area (Å²) < 4.78 is 54.8. The maximum atomic E-state index is 17.7. The molecule has 1 aromatic rings. The second-order valence-corrected chi connectivity index (χ2v) is 14.6. The Morgan fingerprint density at radius 3 is 2.60 bits per heavy atom. The lowest BCUT2D eigenvalue weighted by Gasteiger charge is -2.63. The molecule has 4 aliphatic rings. The molecular weight excluding hydrogens is 646 g/mol. The lowest BCUT2D eigenvalue weighted by molar-refractivity contribution is -0.221. The summed E-state index contributed by atoms with van der Waals surface area (Å²) >= 11 is 0.787. The molecule has 0 unspecified atom stereocenters. The monoisotopic (exact) mass is 686 g/mol. The number of carbonyl (C=O) groups excluding carboxylic acids is 4. The molecule has 12 heteroatoms. The van der Waals surface area contributed by atoms with Crippen molar-refractivity contribution in [3.63, 3.8) is 0 Å². The van der Waals surface area contributed by atoms with Gasteiger partial charge in [0.1, 0.15) is 12.8 Å². The van der Waals surface area contributed by atoms with E-state index in [1.54, 1.807) is 19.9 Å². The molecule has 5 rings (SSSR count). The minimum Gasteiger partial charge on any atom is -0.457 e. The number of aliphatic hydroxyl groups excluding tert-OH is 1. The molecule has 1 N–H and O–H groups in total. The van der Waals surface area contributed by atoms with E-state index in [-0.39, 0.29) is 49.6 Å². The van der Waals surface area contributed by atoms with Gasteiger partial charge in [-0.25, -0.2) is 18.4 Å². The predicted octanol–water partition coefficient (Wildman–Crippen LogP) is 6.12. The predicted molar refractivity (Wildman–Crippen MR) is 172 cm³/mol. The second kappa shape index (κ2) is 13.3. The molecule has 48 heavy (non-hydrogen) atoms. The van der Waals surface area contributed by atoms with Gasteiger partial charge in [0.25, 0.3) is 0 Å². The van der Waals surface area contributed by atoms with Crippen LogP contribution in [0.5, 0.6) is 0 Å². The van der Waals surface area contributed by atoms with Gasteiger partial charge in [0.15, 0.2) is 23.7 Å². The zero-order chi connectivity index (χ0) is 35.1. The molecule has 0 aromatic carbocycles. The van der Waals surface area contributed by atoms with Crippen molar-refractivity contribution < 1.29 is 51.7 Å². The number of hydrogen-bond acceptors (Lipinski definition) is 10. The Hall–Kier alpha value is -3.69. The highest BCUT2D eigenvalue weighted by atomic mass is 32.2. The molecule has 258 valence electrons. The molecule has 9 atom stereocenters. The fourth-order valence-corrected chi connectivity index (χ4v) is 9.53. The van der Waals surface area contributed by atoms with E-state index in [0.717, 1.165) is 23.4 Å². The summed E-state index contributed by atoms with van der Waals surface area (Å²) in [5.74, 6) is 1.44. The van der Waals surface area contributed by atoms with E-state index in [4.69, 9.17) is 18.6 Å². The molecule has 0 radical (unpaired) electrons. The molecule has 3 saturated carbocycles. The number of carbonyl (C=O) groups is 4. The maximum Gasteiger partial charge on any atom is 0.509 e. The Morgan fingerprint density at radius 1 is 1.17 bits per heavy atom. The van der Waals surface area contributed by atoms with Crippen molar-refractivity contribution in [3.05, 3.63) is 59.6 Å². The van der Waals surface area contributed by atoms with Crippen molar-refractivity contribution in [2.45, 2.75) is 77.4 Å². The number of alkyl halides is 2. The van der Waals surface area contributed by atoms with Gasteiger partial charge in [0.2, 0.25) is 10.9 Å². The average molecular weight is 687 g/mol. The van der Waals surface area contributed by atoms with Gasteiger partial charge < -0.3 is 23.7 Å². The number of esters is 1. The number of furan rings is 1. The van der Waals surface area contributed by atoms with Crippen molar-refractivity contribution in [1.82, 2.24) is 0 Å². The lowest BCUT2D eigenvalue weighted by Crippen LogP contribution is -2.70. The van der Waals surface area contributed by atoms with E-state index in [2.05, 4.69) is 11.8 Å². The van der Waals surface area contributed by atoms with Crippen LogP contribution in [-0.4, -0.2) is 70.6 Å². The van der Waals surface area contributed by atoms with Crippen LogP contribution in [0.1, 0.15) is 64.4 Å². The van der Waals surface area contributed by atoms with Crippen LogP contribution in [0.2, 0.25) is 0 Å². The molecule has 0 bridgehead atoms. The number of fused-ring (bicyclic) bond motifs is 5. The molecule has 0 amide bonds. The van der Waals surface area contributed by atoms with Crippen molar-refractivity contribution in [2.75, 3.05) is 19.0 Å². The quantitative estimate of drug-likeness (QED) is 0.203. The highest BCUT2D eigenvalue weighted by Gasteiger charge is 2.78. The number of thioether (sulfide) groups is 1. The first-order valence-corrected chi connectivity index (χ1v) is 16.9. The third kappa shape index (κ3) is 5.72. The molecule has 1 aromatic heterocycles. The van der Waals surface area contributed by atoms with Crippen molar-refractivity contribution >= 4 is 34.8 Å². The summed E-state index contributed by atoms with van der Waals surface area (Å²) in [4.78, 5) is 51.7. The summed E-state index contributed by atoms with van der Waals surface area (Å²) in [6, 6.07) is 2.89. The Balaban J connectivity index is 1.43. The van der Waals surface area contributed by atoms with Crippen molar-refractivity contribution in [1.29, 1.82) is 0 Å². The highest BCUT2D eigenvalue weighted by Crippen LogP contribution is 2.72. The van der Waals surface area contributed by atoms with Crippen LogP contribution in [0.25, 0.3) is 0 Å². The first-order chi connectivity index (χ1) is 22.6. The van der Waals surface area contributed by atoms with Crippen LogP contribution in [0.3, 0.4) is 0 Å². The number of rotatable bonds is 7. The van der Waals surface area contributed by atoms with Gasteiger partial charge in [-0.05, 0) is 81.9 Å². The fraction of sp³-hybridized carbons (Fsp3) is 0.556. The summed E-state index contributed by atoms with van der Waals surface area (Å²) in [6.45, 7) is 8.43. The smallest absolute Gasteiger partial charge is 0.457 e. The molecule has 0 aliphatic heterocycles. The normalized spacial score (nSPS) is 36.3. The first-order valence-electron chi connectivity index (χ1n) is 15.9. The van der Waals surface area contributed by atoms with E-state index in [9.17, 15) is 24.3 Å². The van der Waals surface area contributed by atoms with Gasteiger partial charge >= 0.3 is 12.1 Å². The van der Waals surface area contributed by atoms with E-state index >= 15 is 8.78 Å². The van der Waals surface area contributed by atoms with Gasteiger partial charge in [0, 0.05) is 22.7 Å². The van der Waals surface area contributed by atoms with Crippen LogP contribution in [0.4, 0.5) is 13.6 Å². The van der Waals surface area contributed by atoms with Crippen molar-refractivity contribution in [2.24, 2.45) is 28.6 Å². The minimum atomic E-state index is -2.36. The minimum absolute atomic E-state index is 0.00620. The summed E-state index contributed by atoms with van der Waals surface area (Å²) in [6.07, 6.45) is 2.05. The summed E-state index contributed by atoms with van der Waals surface area (Å²) in [5.41, 5.74) is -6.19. The maximum absolute atomic E-state index is 17.7. The number of allylic oxidation sites excluding steroid dienone is 5. The Kier molecular flexibility index (Phi) is 9.88. The first kappa shape index (κ1) is 35.6. The zero-order valence-electron chi connectivity index (χ0n) is 27.5. The van der Waals surface area contributed by atoms with Gasteiger partial charge in [-0.2, -0.15) is 0 Å². The molecule has 0 saturated heterocycles. The number of ether oxygens (including phenoxy) is 3. The lowest BCUT2D eigenvalue weighted by atomic mass is 9.44. The van der Waals surface area contributed by atoms with Gasteiger partial charge in [-0.15, -0.1) is 0 Å². The second-order valence-electron chi connectivity index (χ2n) is 13.7. The molecule has 1 heterocycles. The fourth-order valence-electron chi connectivity index (χ4n) is 8.53. The molecule has 4 aliphatic carbocycles.